The number of amides is 1. The third-order valence-electron chi connectivity index (χ3n) is 5.01. The second kappa shape index (κ2) is 8.60. The number of ketones is 1. The highest BCUT2D eigenvalue weighted by molar-refractivity contribution is 6.40. The van der Waals surface area contributed by atoms with E-state index < -0.39 is 5.91 Å². The molecule has 154 valence electrons. The standard InChI is InChI=1S/C22H19Cl2N3O3/c1-13(28)15-12-25-20-14(21(15)27-8-10-30-11-9-27)4-2-7-18(20)26-22(29)19-16(23)5-3-6-17(19)24/h2-7,12H,8-11H2,1H3,(H,26,29). The number of carbonyl (C=O) groups is 2. The molecule has 0 saturated carbocycles. The van der Waals surface area contributed by atoms with Crippen LogP contribution in [0.3, 0.4) is 0 Å². The van der Waals surface area contributed by atoms with Crippen molar-refractivity contribution < 1.29 is 14.3 Å². The van der Waals surface area contributed by atoms with Gasteiger partial charge in [-0.1, -0.05) is 41.4 Å². The van der Waals surface area contributed by atoms with Crippen LogP contribution < -0.4 is 10.2 Å². The Morgan fingerprint density at radius 3 is 2.40 bits per heavy atom. The molecule has 0 unspecified atom stereocenters. The number of rotatable bonds is 4. The van der Waals surface area contributed by atoms with Crippen LogP contribution in [0.2, 0.25) is 10.0 Å². The Labute approximate surface area is 183 Å². The lowest BCUT2D eigenvalue weighted by Gasteiger charge is -2.31. The molecular weight excluding hydrogens is 425 g/mol. The molecule has 0 spiro atoms. The number of ether oxygens (including phenoxy) is 1. The Morgan fingerprint density at radius 1 is 1.07 bits per heavy atom. The molecule has 30 heavy (non-hydrogen) atoms. The second-order valence-electron chi connectivity index (χ2n) is 6.93. The fourth-order valence-electron chi connectivity index (χ4n) is 3.59. The highest BCUT2D eigenvalue weighted by Gasteiger charge is 2.22. The molecule has 1 aliphatic rings. The number of halogens is 2. The van der Waals surface area contributed by atoms with Gasteiger partial charge < -0.3 is 15.0 Å². The normalized spacial score (nSPS) is 14.0. The van der Waals surface area contributed by atoms with Crippen molar-refractivity contribution in [2.75, 3.05) is 36.5 Å². The van der Waals surface area contributed by atoms with Gasteiger partial charge in [-0.2, -0.15) is 0 Å². The lowest BCUT2D eigenvalue weighted by atomic mass is 10.0. The molecule has 8 heteroatoms. The van der Waals surface area contributed by atoms with E-state index in [0.29, 0.717) is 43.1 Å². The third-order valence-corrected chi connectivity index (χ3v) is 5.64. The SMILES string of the molecule is CC(=O)c1cnc2c(NC(=O)c3c(Cl)cccc3Cl)cccc2c1N1CCOCC1. The number of aromatic nitrogens is 1. The molecule has 1 saturated heterocycles. The molecule has 6 nitrogen and oxygen atoms in total. The van der Waals surface area contributed by atoms with Gasteiger partial charge in [0.25, 0.3) is 5.91 Å². The first-order chi connectivity index (χ1) is 14.5. The highest BCUT2D eigenvalue weighted by atomic mass is 35.5. The van der Waals surface area contributed by atoms with Crippen LogP contribution in [0, 0.1) is 0 Å². The number of anilines is 2. The van der Waals surface area contributed by atoms with Crippen molar-refractivity contribution in [3.8, 4) is 0 Å². The highest BCUT2D eigenvalue weighted by Crippen LogP contribution is 2.34. The molecule has 1 amide bonds. The smallest absolute Gasteiger partial charge is 0.258 e. The number of hydrogen-bond acceptors (Lipinski definition) is 5. The molecule has 1 fully saturated rings. The molecular formula is C22H19Cl2N3O3. The van der Waals surface area contributed by atoms with Gasteiger partial charge in [-0.15, -0.1) is 0 Å². The van der Waals surface area contributed by atoms with Crippen molar-refractivity contribution in [1.82, 2.24) is 4.98 Å². The monoisotopic (exact) mass is 443 g/mol. The lowest BCUT2D eigenvalue weighted by Crippen LogP contribution is -2.37. The number of nitrogens with one attached hydrogen (secondary N) is 1. The van der Waals surface area contributed by atoms with Crippen LogP contribution in [0.5, 0.6) is 0 Å². The van der Waals surface area contributed by atoms with E-state index >= 15 is 0 Å². The van der Waals surface area contributed by atoms with Gasteiger partial charge >= 0.3 is 0 Å². The maximum Gasteiger partial charge on any atom is 0.258 e. The molecule has 1 aliphatic heterocycles. The second-order valence-corrected chi connectivity index (χ2v) is 7.74. The minimum atomic E-state index is -0.427. The molecule has 1 aromatic heterocycles. The number of fused-ring (bicyclic) bond motifs is 1. The van der Waals surface area contributed by atoms with Crippen molar-refractivity contribution in [1.29, 1.82) is 0 Å². The molecule has 3 aromatic rings. The van der Waals surface area contributed by atoms with Crippen molar-refractivity contribution in [2.45, 2.75) is 6.92 Å². The van der Waals surface area contributed by atoms with Gasteiger partial charge in [-0.3, -0.25) is 14.6 Å². The van der Waals surface area contributed by atoms with Crippen LogP contribution in [-0.4, -0.2) is 43.0 Å². The van der Waals surface area contributed by atoms with Gasteiger partial charge in [-0.05, 0) is 25.1 Å². The zero-order chi connectivity index (χ0) is 21.3. The summed E-state index contributed by atoms with van der Waals surface area (Å²) in [6.45, 7) is 4.04. The van der Waals surface area contributed by atoms with Crippen LogP contribution in [-0.2, 0) is 4.74 Å². The zero-order valence-electron chi connectivity index (χ0n) is 16.2. The number of morpholine rings is 1. The van der Waals surface area contributed by atoms with Gasteiger partial charge in [0.05, 0.1) is 51.3 Å². The van der Waals surface area contributed by atoms with E-state index in [9.17, 15) is 9.59 Å². The first kappa shape index (κ1) is 20.6. The number of benzene rings is 2. The predicted molar refractivity (Wildman–Crippen MR) is 119 cm³/mol. The van der Waals surface area contributed by atoms with E-state index in [-0.39, 0.29) is 21.4 Å². The van der Waals surface area contributed by atoms with Gasteiger partial charge in [0.2, 0.25) is 0 Å². The van der Waals surface area contributed by atoms with E-state index in [0.717, 1.165) is 11.1 Å². The van der Waals surface area contributed by atoms with Crippen LogP contribution in [0.1, 0.15) is 27.6 Å². The van der Waals surface area contributed by atoms with Gasteiger partial charge in [0.1, 0.15) is 0 Å². The van der Waals surface area contributed by atoms with Crippen molar-refractivity contribution in [3.63, 3.8) is 0 Å². The summed E-state index contributed by atoms with van der Waals surface area (Å²) in [4.78, 5) is 31.8. The van der Waals surface area contributed by atoms with E-state index in [1.807, 2.05) is 12.1 Å². The minimum Gasteiger partial charge on any atom is -0.378 e. The fourth-order valence-corrected chi connectivity index (χ4v) is 4.16. The summed E-state index contributed by atoms with van der Waals surface area (Å²) in [7, 11) is 0. The van der Waals surface area contributed by atoms with E-state index in [2.05, 4.69) is 15.2 Å². The van der Waals surface area contributed by atoms with Gasteiger partial charge in [0, 0.05) is 24.7 Å². The summed E-state index contributed by atoms with van der Waals surface area (Å²) in [6, 6.07) is 10.4. The maximum atomic E-state index is 12.9. The molecule has 0 aliphatic carbocycles. The summed E-state index contributed by atoms with van der Waals surface area (Å²) in [6.07, 6.45) is 1.56. The topological polar surface area (TPSA) is 71.5 Å². The predicted octanol–water partition coefficient (Wildman–Crippen LogP) is 4.83. The van der Waals surface area contributed by atoms with E-state index in [4.69, 9.17) is 27.9 Å². The van der Waals surface area contributed by atoms with Gasteiger partial charge in [-0.25, -0.2) is 0 Å². The average molecular weight is 444 g/mol. The zero-order valence-corrected chi connectivity index (χ0v) is 17.8. The van der Waals surface area contributed by atoms with E-state index in [1.54, 1.807) is 30.5 Å². The molecule has 0 atom stereocenters. The Kier molecular flexibility index (Phi) is 5.90. The summed E-state index contributed by atoms with van der Waals surface area (Å²) < 4.78 is 5.46. The van der Waals surface area contributed by atoms with Crippen LogP contribution in [0.4, 0.5) is 11.4 Å². The summed E-state index contributed by atoms with van der Waals surface area (Å²) in [5, 5.41) is 4.18. The van der Waals surface area contributed by atoms with Gasteiger partial charge in [0.15, 0.2) is 5.78 Å². The molecule has 0 radical (unpaired) electrons. The van der Waals surface area contributed by atoms with Crippen LogP contribution in [0.25, 0.3) is 10.9 Å². The maximum absolute atomic E-state index is 12.9. The van der Waals surface area contributed by atoms with Crippen molar-refractivity contribution in [3.05, 3.63) is 63.8 Å². The molecule has 2 aromatic carbocycles. The summed E-state index contributed by atoms with van der Waals surface area (Å²) in [5.41, 5.74) is 2.65. The number of pyridine rings is 1. The average Bonchev–Trinajstić information content (AvgIpc) is 2.73. The molecule has 4 rings (SSSR count). The summed E-state index contributed by atoms with van der Waals surface area (Å²) >= 11 is 12.3. The summed E-state index contributed by atoms with van der Waals surface area (Å²) in [5.74, 6) is -0.494. The molecule has 1 N–H and O–H groups in total. The van der Waals surface area contributed by atoms with Crippen LogP contribution >= 0.6 is 23.2 Å². The Morgan fingerprint density at radius 2 is 1.73 bits per heavy atom. The number of carbonyl (C=O) groups excluding carboxylic acids is 2. The number of para-hydroxylation sites is 1. The Balaban J connectivity index is 1.81. The molecule has 2 heterocycles. The first-order valence-electron chi connectivity index (χ1n) is 9.48. The number of hydrogen-bond donors (Lipinski definition) is 1. The third kappa shape index (κ3) is 3.86. The fraction of sp³-hybridized carbons (Fsp3) is 0.227. The number of nitrogens with zero attached hydrogens (tertiary/aromatic N) is 2. The van der Waals surface area contributed by atoms with E-state index in [1.165, 1.54) is 6.92 Å². The molecule has 0 bridgehead atoms. The van der Waals surface area contributed by atoms with Crippen molar-refractivity contribution in [2.24, 2.45) is 0 Å². The van der Waals surface area contributed by atoms with Crippen LogP contribution in [0.15, 0.2) is 42.6 Å². The number of Topliss-reactive ketones (excluding diaryl/α,β-unsaturated/α-hetero) is 1. The lowest BCUT2D eigenvalue weighted by molar-refractivity contribution is 0.101. The largest absolute Gasteiger partial charge is 0.378 e. The minimum absolute atomic E-state index is 0.0665. The quantitative estimate of drug-likeness (QED) is 0.584. The Bertz CT molecular complexity index is 1120. The Hall–Kier alpha value is -2.67. The first-order valence-corrected chi connectivity index (χ1v) is 10.2. The van der Waals surface area contributed by atoms with Crippen molar-refractivity contribution >= 4 is 57.2 Å².